The minimum absolute atomic E-state index is 0.0211. The molecule has 3 N–H and O–H groups in total. The molecule has 0 spiro atoms. The van der Waals surface area contributed by atoms with Crippen LogP contribution >= 0.6 is 39.1 Å². The van der Waals surface area contributed by atoms with Gasteiger partial charge in [-0.25, -0.2) is 15.1 Å². The van der Waals surface area contributed by atoms with Gasteiger partial charge < -0.3 is 10.6 Å². The van der Waals surface area contributed by atoms with Crippen LogP contribution in [0.5, 0.6) is 0 Å². The third-order valence-electron chi connectivity index (χ3n) is 5.06. The third-order valence-corrected chi connectivity index (χ3v) is 5.96. The summed E-state index contributed by atoms with van der Waals surface area (Å²) in [5.74, 6) is -1.54. The van der Waals surface area contributed by atoms with E-state index in [0.717, 1.165) is 0 Å². The second-order valence-electron chi connectivity index (χ2n) is 7.81. The first-order valence-corrected chi connectivity index (χ1v) is 12.5. The van der Waals surface area contributed by atoms with Crippen molar-refractivity contribution in [2.75, 3.05) is 17.2 Å². The van der Waals surface area contributed by atoms with Crippen LogP contribution in [0.25, 0.3) is 5.82 Å². The zero-order valence-electron chi connectivity index (χ0n) is 19.7. The van der Waals surface area contributed by atoms with Gasteiger partial charge in [0.2, 0.25) is 0 Å². The number of nitrogens with zero attached hydrogens (tertiary/aromatic N) is 3. The highest BCUT2D eigenvalue weighted by molar-refractivity contribution is 9.10. The molecule has 0 aliphatic carbocycles. The van der Waals surface area contributed by atoms with Gasteiger partial charge in [0.25, 0.3) is 17.7 Å². The fourth-order valence-electron chi connectivity index (χ4n) is 3.42. The van der Waals surface area contributed by atoms with E-state index in [1.165, 1.54) is 23.0 Å². The Kier molecular flexibility index (Phi) is 8.74. The summed E-state index contributed by atoms with van der Waals surface area (Å²) in [5.41, 5.74) is 3.62. The van der Waals surface area contributed by atoms with Crippen molar-refractivity contribution in [3.05, 3.63) is 98.3 Å². The Morgan fingerprint density at radius 1 is 1.00 bits per heavy atom. The van der Waals surface area contributed by atoms with E-state index in [-0.39, 0.29) is 32.8 Å². The molecule has 194 valence electrons. The molecule has 0 fully saturated rings. The smallest absolute Gasteiger partial charge is 0.277 e. The fraction of sp³-hybridized carbons (Fsp3) is 0.0800. The number of anilines is 2. The van der Waals surface area contributed by atoms with E-state index >= 15 is 0 Å². The molecule has 0 unspecified atom stereocenters. The van der Waals surface area contributed by atoms with E-state index in [1.807, 2.05) is 6.07 Å². The van der Waals surface area contributed by atoms with Crippen LogP contribution in [0.4, 0.5) is 11.4 Å². The molecule has 0 atom stereocenters. The van der Waals surface area contributed by atoms with E-state index in [9.17, 15) is 14.4 Å². The van der Waals surface area contributed by atoms with Crippen molar-refractivity contribution < 1.29 is 19.2 Å². The first kappa shape index (κ1) is 27.3. The van der Waals surface area contributed by atoms with Crippen molar-refractivity contribution in [1.82, 2.24) is 20.2 Å². The molecular weight excluding hydrogens is 599 g/mol. The van der Waals surface area contributed by atoms with Gasteiger partial charge in [-0.2, -0.15) is 5.10 Å². The average molecular weight is 618 g/mol. The molecule has 2 heterocycles. The number of hydroxylamine groups is 1. The Labute approximate surface area is 235 Å². The molecule has 0 radical (unpaired) electrons. The predicted molar refractivity (Wildman–Crippen MR) is 147 cm³/mol. The number of halogens is 3. The molecule has 4 aromatic rings. The lowest BCUT2D eigenvalue weighted by atomic mass is 10.1. The lowest BCUT2D eigenvalue weighted by Gasteiger charge is -2.15. The minimum atomic E-state index is -0.721. The number of nitrogens with one attached hydrogen (secondary N) is 3. The Balaban J connectivity index is 1.51. The Bertz CT molecular complexity index is 1510. The van der Waals surface area contributed by atoms with Gasteiger partial charge >= 0.3 is 0 Å². The van der Waals surface area contributed by atoms with Crippen LogP contribution < -0.4 is 16.1 Å². The number of pyridine rings is 1. The van der Waals surface area contributed by atoms with Crippen molar-refractivity contribution in [3.63, 3.8) is 0 Å². The van der Waals surface area contributed by atoms with Crippen LogP contribution in [0.1, 0.15) is 26.4 Å². The summed E-state index contributed by atoms with van der Waals surface area (Å²) in [7, 11) is 0. The predicted octanol–water partition coefficient (Wildman–Crippen LogP) is 5.20. The van der Waals surface area contributed by atoms with E-state index in [1.54, 1.807) is 49.4 Å². The van der Waals surface area contributed by atoms with Gasteiger partial charge in [-0.05, 0) is 64.8 Å². The summed E-state index contributed by atoms with van der Waals surface area (Å²) in [6, 6.07) is 16.5. The topological polar surface area (TPSA) is 127 Å². The summed E-state index contributed by atoms with van der Waals surface area (Å²) in [6.07, 6.45) is 1.52. The van der Waals surface area contributed by atoms with E-state index < -0.39 is 24.3 Å². The molecule has 2 aromatic heterocycles. The zero-order chi connectivity index (χ0) is 27.2. The highest BCUT2D eigenvalue weighted by Crippen LogP contribution is 2.27. The number of amides is 3. The van der Waals surface area contributed by atoms with Crippen molar-refractivity contribution in [1.29, 1.82) is 0 Å². The summed E-state index contributed by atoms with van der Waals surface area (Å²) < 4.78 is 1.65. The van der Waals surface area contributed by atoms with Gasteiger partial charge in [0, 0.05) is 23.0 Å². The summed E-state index contributed by atoms with van der Waals surface area (Å²) in [6.45, 7) is 1.23. The molecule has 3 amide bonds. The highest BCUT2D eigenvalue weighted by Gasteiger charge is 2.22. The molecule has 4 rings (SSSR count). The quantitative estimate of drug-likeness (QED) is 0.233. The van der Waals surface area contributed by atoms with Crippen LogP contribution in [0.3, 0.4) is 0 Å². The van der Waals surface area contributed by atoms with Crippen molar-refractivity contribution >= 4 is 68.2 Å². The number of benzene rings is 2. The Hall–Kier alpha value is -3.77. The normalized spacial score (nSPS) is 10.6. The fourth-order valence-corrected chi connectivity index (χ4v) is 4.26. The maximum Gasteiger partial charge on any atom is 0.277 e. The van der Waals surface area contributed by atoms with Gasteiger partial charge in [-0.15, -0.1) is 0 Å². The maximum absolute atomic E-state index is 13.3. The second kappa shape index (κ2) is 12.2. The SMILES string of the molecule is Cc1cc(Cl)cc(C(=O)NOCC(=O)Nc2ccccc2)c1NC(=O)c1cc(Br)nn1-c1ncccc1Cl. The van der Waals surface area contributed by atoms with Gasteiger partial charge in [-0.1, -0.05) is 41.4 Å². The minimum Gasteiger partial charge on any atom is -0.324 e. The van der Waals surface area contributed by atoms with E-state index in [0.29, 0.717) is 15.9 Å². The molecule has 0 saturated carbocycles. The summed E-state index contributed by atoms with van der Waals surface area (Å²) in [4.78, 5) is 47.6. The summed E-state index contributed by atoms with van der Waals surface area (Å²) >= 11 is 15.7. The third kappa shape index (κ3) is 6.56. The van der Waals surface area contributed by atoms with Crippen LogP contribution in [-0.2, 0) is 9.63 Å². The zero-order valence-corrected chi connectivity index (χ0v) is 22.8. The number of para-hydroxylation sites is 1. The number of carbonyl (C=O) groups is 3. The van der Waals surface area contributed by atoms with Crippen molar-refractivity contribution in [2.45, 2.75) is 6.92 Å². The first-order valence-electron chi connectivity index (χ1n) is 11.0. The standard InChI is InChI=1S/C25H19BrCl2N6O4/c1-14-10-15(27)11-17(24(36)33-38-13-21(35)30-16-6-3-2-4-7-16)22(14)31-25(37)19-12-20(26)32-34(19)23-18(28)8-5-9-29-23/h2-12H,13H2,1H3,(H,30,35)(H,31,37)(H,33,36). The molecule has 2 aromatic carbocycles. The van der Waals surface area contributed by atoms with Crippen LogP contribution in [0.2, 0.25) is 10.0 Å². The largest absolute Gasteiger partial charge is 0.324 e. The lowest BCUT2D eigenvalue weighted by molar-refractivity contribution is -0.122. The van der Waals surface area contributed by atoms with Gasteiger partial charge in [0.1, 0.15) is 10.3 Å². The molecular formula is C25H19BrCl2N6O4. The van der Waals surface area contributed by atoms with E-state index in [2.05, 4.69) is 42.1 Å². The van der Waals surface area contributed by atoms with Crippen LogP contribution in [0.15, 0.2) is 71.5 Å². The Morgan fingerprint density at radius 2 is 1.76 bits per heavy atom. The molecule has 13 heteroatoms. The van der Waals surface area contributed by atoms with Crippen LogP contribution in [0, 0.1) is 6.92 Å². The molecule has 10 nitrogen and oxygen atoms in total. The average Bonchev–Trinajstić information content (AvgIpc) is 3.27. The molecule has 0 saturated heterocycles. The summed E-state index contributed by atoms with van der Waals surface area (Å²) in [5, 5.41) is 10.2. The molecule has 0 bridgehead atoms. The molecule has 0 aliphatic heterocycles. The number of hydrogen-bond acceptors (Lipinski definition) is 6. The van der Waals surface area contributed by atoms with Gasteiger partial charge in [0.15, 0.2) is 12.4 Å². The highest BCUT2D eigenvalue weighted by atomic mass is 79.9. The number of hydrogen-bond donors (Lipinski definition) is 3. The maximum atomic E-state index is 13.3. The number of aromatic nitrogens is 3. The van der Waals surface area contributed by atoms with E-state index in [4.69, 9.17) is 28.0 Å². The lowest BCUT2D eigenvalue weighted by Crippen LogP contribution is -2.30. The monoisotopic (exact) mass is 616 g/mol. The number of carbonyl (C=O) groups excluding carboxylic acids is 3. The first-order chi connectivity index (χ1) is 18.2. The number of rotatable bonds is 8. The number of aryl methyl sites for hydroxylation is 1. The van der Waals surface area contributed by atoms with Gasteiger partial charge in [-0.3, -0.25) is 19.2 Å². The molecule has 0 aliphatic rings. The second-order valence-corrected chi connectivity index (χ2v) is 9.46. The van der Waals surface area contributed by atoms with Crippen LogP contribution in [-0.4, -0.2) is 39.1 Å². The van der Waals surface area contributed by atoms with Crippen molar-refractivity contribution in [3.8, 4) is 5.82 Å². The molecule has 38 heavy (non-hydrogen) atoms. The Morgan fingerprint density at radius 3 is 2.50 bits per heavy atom. The van der Waals surface area contributed by atoms with Crippen molar-refractivity contribution in [2.24, 2.45) is 0 Å². The van der Waals surface area contributed by atoms with Gasteiger partial charge in [0.05, 0.1) is 16.3 Å².